The van der Waals surface area contributed by atoms with Crippen molar-refractivity contribution < 1.29 is 22.9 Å². The summed E-state index contributed by atoms with van der Waals surface area (Å²) in [5, 5.41) is 17.8. The van der Waals surface area contributed by atoms with Crippen molar-refractivity contribution >= 4 is 28.1 Å². The van der Waals surface area contributed by atoms with Gasteiger partial charge < -0.3 is 14.9 Å². The smallest absolute Gasteiger partial charge is 0.379 e. The normalized spacial score (nSPS) is 19.5. The van der Waals surface area contributed by atoms with E-state index in [0.29, 0.717) is 27.5 Å². The largest absolute Gasteiger partial charge is 0.419 e. The second kappa shape index (κ2) is 7.47. The Morgan fingerprint density at radius 1 is 1.20 bits per heavy atom. The summed E-state index contributed by atoms with van der Waals surface area (Å²) in [5.74, 6) is 0.579. The van der Waals surface area contributed by atoms with Crippen LogP contribution in [0.3, 0.4) is 0 Å². The molecule has 2 aromatic heterocycles. The molecule has 11 heteroatoms. The van der Waals surface area contributed by atoms with Crippen LogP contribution in [0.4, 0.5) is 18.9 Å². The van der Waals surface area contributed by atoms with E-state index >= 15 is 0 Å². The Balaban J connectivity index is 1.38. The zero-order valence-electron chi connectivity index (χ0n) is 16.0. The second-order valence-corrected chi connectivity index (χ2v) is 8.98. The molecule has 1 N–H and O–H groups in total. The van der Waals surface area contributed by atoms with E-state index < -0.39 is 12.3 Å². The van der Waals surface area contributed by atoms with Crippen molar-refractivity contribution in [2.75, 3.05) is 37.6 Å². The quantitative estimate of drug-likeness (QED) is 0.652. The van der Waals surface area contributed by atoms with Crippen LogP contribution in [-0.2, 0) is 0 Å². The number of likely N-dealkylation sites (tertiary alicyclic amines) is 1. The van der Waals surface area contributed by atoms with Gasteiger partial charge in [0.1, 0.15) is 10.5 Å². The first-order chi connectivity index (χ1) is 14.4. The molecule has 7 nitrogen and oxygen atoms in total. The number of fused-ring (bicyclic) bond motifs is 1. The first-order valence-corrected chi connectivity index (χ1v) is 10.6. The average Bonchev–Trinajstić information content (AvgIpc) is 3.43. The van der Waals surface area contributed by atoms with Gasteiger partial charge in [-0.05, 0) is 48.4 Å². The molecule has 30 heavy (non-hydrogen) atoms. The predicted molar refractivity (Wildman–Crippen MR) is 105 cm³/mol. The Morgan fingerprint density at radius 2 is 1.97 bits per heavy atom. The number of alkyl halides is 3. The Kier molecular flexibility index (Phi) is 4.91. The summed E-state index contributed by atoms with van der Waals surface area (Å²) in [4.78, 5) is 8.54. The molecule has 0 spiro atoms. The van der Waals surface area contributed by atoms with E-state index in [4.69, 9.17) is 4.63 Å². The lowest BCUT2D eigenvalue weighted by atomic mass is 9.97. The number of hydrogen-bond acceptors (Lipinski definition) is 8. The van der Waals surface area contributed by atoms with Gasteiger partial charge in [0.05, 0.1) is 10.6 Å². The van der Waals surface area contributed by atoms with E-state index in [0.717, 1.165) is 42.9 Å². The maximum absolute atomic E-state index is 12.8. The Hall–Kier alpha value is -2.24. The topological polar surface area (TPSA) is 78.5 Å². The van der Waals surface area contributed by atoms with Crippen molar-refractivity contribution in [3.05, 3.63) is 23.2 Å². The number of thiazole rings is 1. The standard InChI is InChI=1S/C19H20F3N5O2S/c20-19(21,22)17(28)15-7-23-18(30-15)12-5-13-16(25-29-24-13)14(6-12)27-9-11(10-27)8-26-3-1-2-4-26/h5-7,11,17,28H,1-4,8-10H2. The lowest BCUT2D eigenvalue weighted by Crippen LogP contribution is -2.51. The number of hydrogen-bond donors (Lipinski definition) is 1. The number of rotatable bonds is 5. The van der Waals surface area contributed by atoms with E-state index in [9.17, 15) is 18.3 Å². The number of aliphatic hydroxyl groups is 1. The lowest BCUT2D eigenvalue weighted by molar-refractivity contribution is -0.205. The van der Waals surface area contributed by atoms with Crippen molar-refractivity contribution in [2.45, 2.75) is 25.1 Å². The van der Waals surface area contributed by atoms with Gasteiger partial charge in [0.25, 0.3) is 0 Å². The van der Waals surface area contributed by atoms with Crippen LogP contribution in [-0.4, -0.2) is 64.2 Å². The zero-order valence-corrected chi connectivity index (χ0v) is 16.8. The van der Waals surface area contributed by atoms with E-state index in [1.807, 2.05) is 6.07 Å². The van der Waals surface area contributed by atoms with Crippen LogP contribution < -0.4 is 4.90 Å². The molecule has 1 aromatic carbocycles. The number of anilines is 1. The van der Waals surface area contributed by atoms with E-state index in [1.165, 1.54) is 25.9 Å². The van der Waals surface area contributed by atoms with E-state index in [-0.39, 0.29) is 4.88 Å². The van der Waals surface area contributed by atoms with Crippen LogP contribution in [0.5, 0.6) is 0 Å². The van der Waals surface area contributed by atoms with Crippen LogP contribution in [0.1, 0.15) is 23.8 Å². The molecule has 0 bridgehead atoms. The van der Waals surface area contributed by atoms with Crippen molar-refractivity contribution in [1.82, 2.24) is 20.2 Å². The van der Waals surface area contributed by atoms with Crippen molar-refractivity contribution in [3.63, 3.8) is 0 Å². The third kappa shape index (κ3) is 3.65. The zero-order chi connectivity index (χ0) is 20.9. The van der Waals surface area contributed by atoms with Crippen LogP contribution in [0.25, 0.3) is 21.6 Å². The Bertz CT molecular complexity index is 1040. The molecular weight excluding hydrogens is 419 g/mol. The molecule has 0 radical (unpaired) electrons. The SMILES string of the molecule is OC(c1cnc(-c2cc(N3CC(CN4CCCC4)C3)c3nonc3c2)s1)C(F)(F)F. The van der Waals surface area contributed by atoms with Crippen molar-refractivity contribution in [1.29, 1.82) is 0 Å². The Morgan fingerprint density at radius 3 is 2.70 bits per heavy atom. The highest BCUT2D eigenvalue weighted by atomic mass is 32.1. The molecule has 1 unspecified atom stereocenters. The number of aliphatic hydroxyl groups excluding tert-OH is 1. The van der Waals surface area contributed by atoms with Crippen LogP contribution in [0.2, 0.25) is 0 Å². The molecule has 2 saturated heterocycles. The van der Waals surface area contributed by atoms with Crippen LogP contribution >= 0.6 is 11.3 Å². The highest BCUT2D eigenvalue weighted by molar-refractivity contribution is 7.15. The van der Waals surface area contributed by atoms with Gasteiger partial charge in [0.15, 0.2) is 11.6 Å². The third-order valence-corrected chi connectivity index (χ3v) is 6.80. The molecule has 0 amide bonds. The van der Waals surface area contributed by atoms with Crippen molar-refractivity contribution in [3.8, 4) is 10.6 Å². The molecule has 2 aliphatic rings. The fourth-order valence-electron chi connectivity index (χ4n) is 4.16. The van der Waals surface area contributed by atoms with Crippen molar-refractivity contribution in [2.24, 2.45) is 5.92 Å². The molecule has 2 fully saturated rings. The molecular formula is C19H20F3N5O2S. The van der Waals surface area contributed by atoms with E-state index in [1.54, 1.807) is 6.07 Å². The summed E-state index contributed by atoms with van der Waals surface area (Å²) >= 11 is 0.815. The molecule has 3 aromatic rings. The second-order valence-electron chi connectivity index (χ2n) is 7.92. The highest BCUT2D eigenvalue weighted by Gasteiger charge is 2.40. The molecule has 2 aliphatic heterocycles. The molecule has 0 saturated carbocycles. The Labute approximate surface area is 174 Å². The van der Waals surface area contributed by atoms with Gasteiger partial charge in [-0.15, -0.1) is 11.3 Å². The molecule has 1 atom stereocenters. The first-order valence-electron chi connectivity index (χ1n) is 9.83. The lowest BCUT2D eigenvalue weighted by Gasteiger charge is -2.42. The molecule has 0 aliphatic carbocycles. The molecule has 5 rings (SSSR count). The summed E-state index contributed by atoms with van der Waals surface area (Å²) in [6.45, 7) is 5.19. The fraction of sp³-hybridized carbons (Fsp3) is 0.526. The van der Waals surface area contributed by atoms with Crippen LogP contribution in [0, 0.1) is 5.92 Å². The third-order valence-electron chi connectivity index (χ3n) is 5.70. The summed E-state index contributed by atoms with van der Waals surface area (Å²) in [7, 11) is 0. The summed E-state index contributed by atoms with van der Waals surface area (Å²) in [6, 6.07) is 3.56. The number of nitrogens with zero attached hydrogens (tertiary/aromatic N) is 5. The van der Waals surface area contributed by atoms with Gasteiger partial charge in [0, 0.05) is 37.3 Å². The maximum Gasteiger partial charge on any atom is 0.419 e. The number of aromatic nitrogens is 3. The van der Waals surface area contributed by atoms with Crippen LogP contribution in [0.15, 0.2) is 23.0 Å². The van der Waals surface area contributed by atoms with Gasteiger partial charge >= 0.3 is 6.18 Å². The van der Waals surface area contributed by atoms with Gasteiger partial charge in [-0.1, -0.05) is 0 Å². The average molecular weight is 439 g/mol. The summed E-state index contributed by atoms with van der Waals surface area (Å²) < 4.78 is 43.3. The van der Waals surface area contributed by atoms with Gasteiger partial charge in [0.2, 0.25) is 0 Å². The minimum Gasteiger partial charge on any atom is -0.379 e. The monoisotopic (exact) mass is 439 g/mol. The summed E-state index contributed by atoms with van der Waals surface area (Å²) in [6.07, 6.45) is -3.66. The first kappa shape index (κ1) is 19.7. The van der Waals surface area contributed by atoms with Gasteiger partial charge in [-0.2, -0.15) is 13.2 Å². The number of halogens is 3. The number of benzene rings is 1. The summed E-state index contributed by atoms with van der Waals surface area (Å²) in [5.41, 5.74) is 2.63. The minimum absolute atomic E-state index is 0.243. The van der Waals surface area contributed by atoms with Gasteiger partial charge in [-0.3, -0.25) is 0 Å². The molecule has 160 valence electrons. The minimum atomic E-state index is -4.73. The predicted octanol–water partition coefficient (Wildman–Crippen LogP) is 3.47. The fourth-order valence-corrected chi connectivity index (χ4v) is 5.07. The van der Waals surface area contributed by atoms with E-state index in [2.05, 4.69) is 25.1 Å². The molecule has 4 heterocycles. The maximum atomic E-state index is 12.8. The highest BCUT2D eigenvalue weighted by Crippen LogP contribution is 2.40. The van der Waals surface area contributed by atoms with Gasteiger partial charge in [-0.25, -0.2) is 9.61 Å².